The molecule has 0 radical (unpaired) electrons. The summed E-state index contributed by atoms with van der Waals surface area (Å²) in [5, 5.41) is 0.855. The van der Waals surface area contributed by atoms with Crippen LogP contribution in [0.1, 0.15) is 16.7 Å². The second-order valence-electron chi connectivity index (χ2n) is 5.93. The number of sulfonamides is 1. The highest BCUT2D eigenvalue weighted by atomic mass is 32.2. The molecule has 6 heteroatoms. The van der Waals surface area contributed by atoms with E-state index in [1.807, 2.05) is 19.1 Å². The first-order valence-corrected chi connectivity index (χ1v) is 9.17. The minimum absolute atomic E-state index is 0.101. The van der Waals surface area contributed by atoms with Gasteiger partial charge in [0.2, 0.25) is 10.0 Å². The monoisotopic (exact) mass is 342 g/mol. The standard InChI is InChI=1S/C18H18N2O3S/c1-12-3-5-14(6-4-12)11-24(22,23)20-16-8-7-15-9-13(2)18(21)19-17(15)10-16/h3-10,20H,11H2,1-2H3,(H,19,21). The fraction of sp³-hybridized carbons (Fsp3) is 0.167. The van der Waals surface area contributed by atoms with E-state index in [2.05, 4.69) is 9.71 Å². The minimum atomic E-state index is -3.53. The second kappa shape index (κ2) is 6.13. The third kappa shape index (κ3) is 3.65. The van der Waals surface area contributed by atoms with Crippen molar-refractivity contribution in [1.82, 2.24) is 4.98 Å². The average Bonchev–Trinajstić information content (AvgIpc) is 2.50. The van der Waals surface area contributed by atoms with Crippen molar-refractivity contribution in [3.63, 3.8) is 0 Å². The highest BCUT2D eigenvalue weighted by molar-refractivity contribution is 7.91. The van der Waals surface area contributed by atoms with Crippen molar-refractivity contribution in [2.45, 2.75) is 19.6 Å². The molecule has 24 heavy (non-hydrogen) atoms. The minimum Gasteiger partial charge on any atom is -0.322 e. The van der Waals surface area contributed by atoms with E-state index in [-0.39, 0.29) is 11.3 Å². The first-order chi connectivity index (χ1) is 11.3. The van der Waals surface area contributed by atoms with Crippen molar-refractivity contribution in [2.24, 2.45) is 0 Å². The zero-order valence-corrected chi connectivity index (χ0v) is 14.3. The maximum atomic E-state index is 12.3. The van der Waals surface area contributed by atoms with Gasteiger partial charge in [-0.3, -0.25) is 9.52 Å². The largest absolute Gasteiger partial charge is 0.322 e. The number of aryl methyl sites for hydroxylation is 2. The Kier molecular flexibility index (Phi) is 4.15. The number of aromatic amines is 1. The molecule has 0 amide bonds. The van der Waals surface area contributed by atoms with E-state index in [0.717, 1.165) is 16.5 Å². The molecule has 2 aromatic carbocycles. The third-order valence-electron chi connectivity index (χ3n) is 3.78. The molecule has 0 atom stereocenters. The molecule has 1 heterocycles. The Balaban J connectivity index is 1.86. The van der Waals surface area contributed by atoms with Crippen LogP contribution in [0, 0.1) is 13.8 Å². The Hall–Kier alpha value is -2.60. The zero-order chi connectivity index (χ0) is 17.3. The number of benzene rings is 2. The molecular formula is C18H18N2O3S. The summed E-state index contributed by atoms with van der Waals surface area (Å²) in [5.74, 6) is -0.101. The van der Waals surface area contributed by atoms with Gasteiger partial charge in [0, 0.05) is 5.56 Å². The lowest BCUT2D eigenvalue weighted by atomic mass is 10.1. The van der Waals surface area contributed by atoms with Crippen LogP contribution in [0.2, 0.25) is 0 Å². The van der Waals surface area contributed by atoms with Gasteiger partial charge in [-0.25, -0.2) is 8.42 Å². The van der Waals surface area contributed by atoms with Crippen molar-refractivity contribution in [1.29, 1.82) is 0 Å². The first kappa shape index (κ1) is 16.3. The summed E-state index contributed by atoms with van der Waals surface area (Å²) in [4.78, 5) is 14.5. The summed E-state index contributed by atoms with van der Waals surface area (Å²) >= 11 is 0. The average molecular weight is 342 g/mol. The van der Waals surface area contributed by atoms with Gasteiger partial charge < -0.3 is 4.98 Å². The van der Waals surface area contributed by atoms with E-state index in [0.29, 0.717) is 16.8 Å². The van der Waals surface area contributed by atoms with Gasteiger partial charge in [0.25, 0.3) is 5.56 Å². The van der Waals surface area contributed by atoms with Crippen LogP contribution in [0.4, 0.5) is 5.69 Å². The van der Waals surface area contributed by atoms with Crippen LogP contribution in [0.25, 0.3) is 10.9 Å². The van der Waals surface area contributed by atoms with Gasteiger partial charge in [-0.15, -0.1) is 0 Å². The molecule has 0 spiro atoms. The number of aromatic nitrogens is 1. The fourth-order valence-corrected chi connectivity index (χ4v) is 3.68. The highest BCUT2D eigenvalue weighted by Gasteiger charge is 2.12. The lowest BCUT2D eigenvalue weighted by molar-refractivity contribution is 0.600. The number of H-pyrrole nitrogens is 1. The molecule has 0 saturated carbocycles. The van der Waals surface area contributed by atoms with Crippen molar-refractivity contribution < 1.29 is 8.42 Å². The highest BCUT2D eigenvalue weighted by Crippen LogP contribution is 2.19. The maximum Gasteiger partial charge on any atom is 0.251 e. The molecule has 5 nitrogen and oxygen atoms in total. The summed E-state index contributed by atoms with van der Waals surface area (Å²) in [7, 11) is -3.53. The van der Waals surface area contributed by atoms with Crippen molar-refractivity contribution in [3.05, 3.63) is 75.6 Å². The SMILES string of the molecule is Cc1ccc(CS(=O)(=O)Nc2ccc3cc(C)c(=O)[nH]c3c2)cc1. The summed E-state index contributed by atoms with van der Waals surface area (Å²) in [6.07, 6.45) is 0. The molecule has 1 aromatic heterocycles. The molecular weight excluding hydrogens is 324 g/mol. The van der Waals surface area contributed by atoms with Crippen LogP contribution in [-0.2, 0) is 15.8 Å². The van der Waals surface area contributed by atoms with Gasteiger partial charge in [0.15, 0.2) is 0 Å². The van der Waals surface area contributed by atoms with Crippen LogP contribution in [0.3, 0.4) is 0 Å². The molecule has 2 N–H and O–H groups in total. The number of pyridine rings is 1. The molecule has 0 unspecified atom stereocenters. The summed E-state index contributed by atoms with van der Waals surface area (Å²) in [6.45, 7) is 3.69. The predicted molar refractivity (Wildman–Crippen MR) is 96.7 cm³/mol. The number of anilines is 1. The van der Waals surface area contributed by atoms with E-state index >= 15 is 0 Å². The van der Waals surface area contributed by atoms with Crippen LogP contribution in [0.15, 0.2) is 53.3 Å². The van der Waals surface area contributed by atoms with Gasteiger partial charge in [0.1, 0.15) is 0 Å². The number of hydrogen-bond donors (Lipinski definition) is 2. The lowest BCUT2D eigenvalue weighted by Gasteiger charge is -2.09. The molecule has 3 aromatic rings. The molecule has 124 valence electrons. The lowest BCUT2D eigenvalue weighted by Crippen LogP contribution is -2.15. The van der Waals surface area contributed by atoms with Gasteiger partial charge >= 0.3 is 0 Å². The normalized spacial score (nSPS) is 11.6. The van der Waals surface area contributed by atoms with Crippen LogP contribution < -0.4 is 10.3 Å². The van der Waals surface area contributed by atoms with Crippen LogP contribution in [-0.4, -0.2) is 13.4 Å². The van der Waals surface area contributed by atoms with Gasteiger partial charge in [-0.1, -0.05) is 35.9 Å². The molecule has 0 aliphatic heterocycles. The summed E-state index contributed by atoms with van der Waals surface area (Å²) in [6, 6.07) is 14.2. The topological polar surface area (TPSA) is 79.0 Å². The maximum absolute atomic E-state index is 12.3. The third-order valence-corrected chi connectivity index (χ3v) is 5.04. The van der Waals surface area contributed by atoms with Crippen molar-refractivity contribution >= 4 is 26.6 Å². The summed E-state index contributed by atoms with van der Waals surface area (Å²) < 4.78 is 27.2. The van der Waals surface area contributed by atoms with E-state index in [9.17, 15) is 13.2 Å². The molecule has 0 fully saturated rings. The first-order valence-electron chi connectivity index (χ1n) is 7.52. The van der Waals surface area contributed by atoms with Gasteiger partial charge in [0.05, 0.1) is 17.0 Å². The smallest absolute Gasteiger partial charge is 0.251 e. The van der Waals surface area contributed by atoms with Gasteiger partial charge in [-0.2, -0.15) is 0 Å². The second-order valence-corrected chi connectivity index (χ2v) is 7.65. The van der Waals surface area contributed by atoms with Gasteiger partial charge in [-0.05, 0) is 43.0 Å². The Morgan fingerprint density at radius 2 is 1.71 bits per heavy atom. The van der Waals surface area contributed by atoms with Crippen molar-refractivity contribution in [2.75, 3.05) is 4.72 Å². The number of hydrogen-bond acceptors (Lipinski definition) is 3. The molecule has 0 aliphatic rings. The van der Waals surface area contributed by atoms with Crippen molar-refractivity contribution in [3.8, 4) is 0 Å². The Bertz CT molecular complexity index is 1050. The Morgan fingerprint density at radius 3 is 2.42 bits per heavy atom. The number of fused-ring (bicyclic) bond motifs is 1. The van der Waals surface area contributed by atoms with E-state index in [4.69, 9.17) is 0 Å². The Labute approximate surface area is 140 Å². The molecule has 0 aliphatic carbocycles. The van der Waals surface area contributed by atoms with E-state index < -0.39 is 10.0 Å². The Morgan fingerprint density at radius 1 is 1.00 bits per heavy atom. The quantitative estimate of drug-likeness (QED) is 0.765. The summed E-state index contributed by atoms with van der Waals surface area (Å²) in [5.41, 5.74) is 3.27. The molecule has 0 bridgehead atoms. The van der Waals surface area contributed by atoms with E-state index in [1.165, 1.54) is 0 Å². The molecule has 3 rings (SSSR count). The number of rotatable bonds is 4. The number of nitrogens with one attached hydrogen (secondary N) is 2. The van der Waals surface area contributed by atoms with Crippen LogP contribution in [0.5, 0.6) is 0 Å². The molecule has 0 saturated heterocycles. The zero-order valence-electron chi connectivity index (χ0n) is 13.5. The van der Waals surface area contributed by atoms with Crippen LogP contribution >= 0.6 is 0 Å². The predicted octanol–water partition coefficient (Wildman–Crippen LogP) is 3.09. The fourth-order valence-electron chi connectivity index (χ4n) is 2.49. The van der Waals surface area contributed by atoms with E-state index in [1.54, 1.807) is 43.3 Å².